The molecule has 0 heterocycles. The van der Waals surface area contributed by atoms with Gasteiger partial charge in [0.05, 0.1) is 19.8 Å². The fourth-order valence-electron chi connectivity index (χ4n) is 1.03. The first-order chi connectivity index (χ1) is 7.33. The van der Waals surface area contributed by atoms with Crippen molar-refractivity contribution in [3.8, 4) is 0 Å². The van der Waals surface area contributed by atoms with Crippen LogP contribution in [0.5, 0.6) is 0 Å². The smallest absolute Gasteiger partial charge is 0.147 e. The van der Waals surface area contributed by atoms with Crippen LogP contribution < -0.4 is 5.73 Å². The summed E-state index contributed by atoms with van der Waals surface area (Å²) in [4.78, 5) is 0. The Morgan fingerprint density at radius 1 is 1.07 bits per heavy atom. The summed E-state index contributed by atoms with van der Waals surface area (Å²) in [7, 11) is 1.64. The number of nitrogens with two attached hydrogens (primary N) is 1. The lowest BCUT2D eigenvalue weighted by Crippen LogP contribution is -2.05. The second kappa shape index (κ2) is 7.23. The van der Waals surface area contributed by atoms with Crippen LogP contribution in [-0.2, 0) is 20.8 Å². The molecule has 0 saturated carbocycles. The number of methoxy groups -OCH3 is 1. The van der Waals surface area contributed by atoms with Gasteiger partial charge in [-0.1, -0.05) is 12.1 Å². The molecule has 0 atom stereocenters. The maximum Gasteiger partial charge on any atom is 0.147 e. The van der Waals surface area contributed by atoms with Gasteiger partial charge in [-0.15, -0.1) is 0 Å². The molecule has 0 amide bonds. The van der Waals surface area contributed by atoms with Gasteiger partial charge >= 0.3 is 0 Å². The van der Waals surface area contributed by atoms with Crippen LogP contribution in [-0.4, -0.2) is 27.1 Å². The molecule has 0 unspecified atom stereocenters. The van der Waals surface area contributed by atoms with Gasteiger partial charge in [0.25, 0.3) is 0 Å². The van der Waals surface area contributed by atoms with Gasteiger partial charge in [-0.05, 0) is 17.7 Å². The molecule has 4 nitrogen and oxygen atoms in total. The topological polar surface area (TPSA) is 53.7 Å². The average molecular weight is 211 g/mol. The Bertz CT molecular complexity index is 261. The number of rotatable bonds is 7. The minimum atomic E-state index is 0.285. The molecule has 1 aromatic rings. The normalized spacial score (nSPS) is 10.5. The Labute approximate surface area is 89.9 Å². The molecule has 0 fully saturated rings. The van der Waals surface area contributed by atoms with Gasteiger partial charge in [0.2, 0.25) is 0 Å². The lowest BCUT2D eigenvalue weighted by atomic mass is 10.2. The number of anilines is 1. The highest BCUT2D eigenvalue weighted by atomic mass is 16.7. The molecule has 0 radical (unpaired) electrons. The Morgan fingerprint density at radius 3 is 2.47 bits per heavy atom. The average Bonchev–Trinajstić information content (AvgIpc) is 2.26. The molecule has 2 N–H and O–H groups in total. The predicted octanol–water partition coefficient (Wildman–Crippen LogP) is 1.41. The van der Waals surface area contributed by atoms with E-state index in [0.717, 1.165) is 11.3 Å². The fraction of sp³-hybridized carbons (Fsp3) is 0.455. The third-order valence-electron chi connectivity index (χ3n) is 1.85. The molecule has 0 spiro atoms. The molecular formula is C11H17NO3. The Morgan fingerprint density at radius 2 is 1.80 bits per heavy atom. The largest absolute Gasteiger partial charge is 0.399 e. The first kappa shape index (κ1) is 12.0. The molecular weight excluding hydrogens is 194 g/mol. The first-order valence-corrected chi connectivity index (χ1v) is 4.82. The van der Waals surface area contributed by atoms with Crippen molar-refractivity contribution in [2.45, 2.75) is 6.61 Å². The standard InChI is InChI=1S/C11H17NO3/c1-13-6-7-14-9-15-8-10-2-4-11(12)5-3-10/h2-5H,6-9,12H2,1H3. The number of ether oxygens (including phenoxy) is 3. The van der Waals surface area contributed by atoms with Gasteiger partial charge in [-0.3, -0.25) is 0 Å². The molecule has 0 saturated heterocycles. The van der Waals surface area contributed by atoms with Crippen molar-refractivity contribution in [2.75, 3.05) is 32.9 Å². The quantitative estimate of drug-likeness (QED) is 0.421. The molecule has 0 aliphatic rings. The number of nitrogen functional groups attached to an aromatic ring is 1. The van der Waals surface area contributed by atoms with Gasteiger partial charge in [0.15, 0.2) is 0 Å². The van der Waals surface area contributed by atoms with Crippen LogP contribution in [0.15, 0.2) is 24.3 Å². The highest BCUT2D eigenvalue weighted by molar-refractivity contribution is 5.38. The molecule has 4 heteroatoms. The second-order valence-electron chi connectivity index (χ2n) is 3.11. The molecule has 0 aromatic heterocycles. The zero-order valence-corrected chi connectivity index (χ0v) is 8.94. The van der Waals surface area contributed by atoms with E-state index in [4.69, 9.17) is 19.9 Å². The summed E-state index contributed by atoms with van der Waals surface area (Å²) in [6.45, 7) is 1.96. The summed E-state index contributed by atoms with van der Waals surface area (Å²) in [5.41, 5.74) is 7.40. The third-order valence-corrected chi connectivity index (χ3v) is 1.85. The first-order valence-electron chi connectivity index (χ1n) is 4.82. The molecule has 0 aliphatic carbocycles. The molecule has 1 aromatic carbocycles. The van der Waals surface area contributed by atoms with Crippen LogP contribution in [0, 0.1) is 0 Å². The van der Waals surface area contributed by atoms with Gasteiger partial charge in [-0.25, -0.2) is 0 Å². The maximum atomic E-state index is 5.56. The number of hydrogen-bond acceptors (Lipinski definition) is 4. The summed E-state index contributed by atoms with van der Waals surface area (Å²) in [5, 5.41) is 0. The van der Waals surface area contributed by atoms with E-state index in [-0.39, 0.29) is 6.79 Å². The maximum absolute atomic E-state index is 5.56. The van der Waals surface area contributed by atoms with Crippen molar-refractivity contribution in [1.82, 2.24) is 0 Å². The monoisotopic (exact) mass is 211 g/mol. The third kappa shape index (κ3) is 5.37. The molecule has 1 rings (SSSR count). The zero-order valence-electron chi connectivity index (χ0n) is 8.94. The Balaban J connectivity index is 2.07. The van der Waals surface area contributed by atoms with E-state index in [1.54, 1.807) is 7.11 Å². The lowest BCUT2D eigenvalue weighted by molar-refractivity contribution is -0.0724. The minimum Gasteiger partial charge on any atom is -0.399 e. The van der Waals surface area contributed by atoms with Crippen LogP contribution in [0.3, 0.4) is 0 Å². The van der Waals surface area contributed by atoms with Crippen molar-refractivity contribution in [3.63, 3.8) is 0 Å². The Kier molecular flexibility index (Phi) is 5.77. The van der Waals surface area contributed by atoms with Gasteiger partial charge in [-0.2, -0.15) is 0 Å². The van der Waals surface area contributed by atoms with E-state index in [2.05, 4.69) is 0 Å². The van der Waals surface area contributed by atoms with Gasteiger partial charge < -0.3 is 19.9 Å². The van der Waals surface area contributed by atoms with Crippen molar-refractivity contribution >= 4 is 5.69 Å². The molecule has 84 valence electrons. The summed E-state index contributed by atoms with van der Waals surface area (Å²) < 4.78 is 15.3. The SMILES string of the molecule is COCCOCOCc1ccc(N)cc1. The number of benzene rings is 1. The molecule has 15 heavy (non-hydrogen) atoms. The highest BCUT2D eigenvalue weighted by Crippen LogP contribution is 2.06. The van der Waals surface area contributed by atoms with Gasteiger partial charge in [0.1, 0.15) is 6.79 Å². The number of hydrogen-bond donors (Lipinski definition) is 1. The fourth-order valence-corrected chi connectivity index (χ4v) is 1.03. The van der Waals surface area contributed by atoms with Crippen LogP contribution in [0.25, 0.3) is 0 Å². The van der Waals surface area contributed by atoms with E-state index in [1.165, 1.54) is 0 Å². The van der Waals surface area contributed by atoms with E-state index < -0.39 is 0 Å². The van der Waals surface area contributed by atoms with Crippen LogP contribution in [0.2, 0.25) is 0 Å². The van der Waals surface area contributed by atoms with E-state index in [9.17, 15) is 0 Å². The van der Waals surface area contributed by atoms with Crippen molar-refractivity contribution in [2.24, 2.45) is 0 Å². The van der Waals surface area contributed by atoms with Gasteiger partial charge in [0, 0.05) is 12.8 Å². The van der Waals surface area contributed by atoms with E-state index in [1.807, 2.05) is 24.3 Å². The lowest BCUT2D eigenvalue weighted by Gasteiger charge is -2.05. The van der Waals surface area contributed by atoms with Crippen LogP contribution in [0.4, 0.5) is 5.69 Å². The zero-order chi connectivity index (χ0) is 10.9. The molecule has 0 bridgehead atoms. The van der Waals surface area contributed by atoms with Crippen molar-refractivity contribution in [3.05, 3.63) is 29.8 Å². The van der Waals surface area contributed by atoms with Crippen molar-refractivity contribution < 1.29 is 14.2 Å². The van der Waals surface area contributed by atoms with Crippen molar-refractivity contribution in [1.29, 1.82) is 0 Å². The summed E-state index contributed by atoms with van der Waals surface area (Å²) in [5.74, 6) is 0. The van der Waals surface area contributed by atoms with Crippen LogP contribution >= 0.6 is 0 Å². The summed E-state index contributed by atoms with van der Waals surface area (Å²) >= 11 is 0. The predicted molar refractivity (Wildman–Crippen MR) is 58.3 cm³/mol. The summed E-state index contributed by atoms with van der Waals surface area (Å²) in [6, 6.07) is 7.57. The summed E-state index contributed by atoms with van der Waals surface area (Å²) in [6.07, 6.45) is 0. The van der Waals surface area contributed by atoms with E-state index in [0.29, 0.717) is 19.8 Å². The Hall–Kier alpha value is -1.10. The highest BCUT2D eigenvalue weighted by Gasteiger charge is 1.93. The van der Waals surface area contributed by atoms with Crippen LogP contribution in [0.1, 0.15) is 5.56 Å². The van der Waals surface area contributed by atoms with E-state index >= 15 is 0 Å². The molecule has 0 aliphatic heterocycles. The second-order valence-corrected chi connectivity index (χ2v) is 3.11. The minimum absolute atomic E-state index is 0.285.